The molecule has 0 spiro atoms. The van der Waals surface area contributed by atoms with E-state index in [9.17, 15) is 0 Å². The molecule has 2 aromatic carbocycles. The molecule has 6 nitrogen and oxygen atoms in total. The smallest absolute Gasteiger partial charge is 0.292 e. The number of hydrogen-bond donors (Lipinski definition) is 1. The molecule has 0 fully saturated rings. The predicted molar refractivity (Wildman–Crippen MR) is 109 cm³/mol. The standard InChI is InChI=1S/C23H19N3O3/c24-14-28-18-11-9-16(10-12-18)20-21-19(8-4-5-13-27)25-15-26-23(21)29-22(20)17-6-2-1-3-7-17/h1-3,6-7,9-12,15,27H,4-5,8,13H2. The second kappa shape index (κ2) is 8.55. The third-order valence-corrected chi connectivity index (χ3v) is 4.73. The van der Waals surface area contributed by atoms with Gasteiger partial charge >= 0.3 is 0 Å². The molecule has 4 rings (SSSR count). The van der Waals surface area contributed by atoms with Gasteiger partial charge in [0.2, 0.25) is 5.71 Å². The van der Waals surface area contributed by atoms with E-state index in [4.69, 9.17) is 19.5 Å². The molecule has 0 unspecified atom stereocenters. The molecule has 0 atom stereocenters. The highest BCUT2D eigenvalue weighted by molar-refractivity contribution is 6.01. The lowest BCUT2D eigenvalue weighted by atomic mass is 9.97. The molecule has 0 aliphatic heterocycles. The first-order valence-electron chi connectivity index (χ1n) is 9.41. The van der Waals surface area contributed by atoms with Crippen LogP contribution in [-0.2, 0) is 6.42 Å². The second-order valence-corrected chi connectivity index (χ2v) is 6.57. The molecule has 0 aliphatic carbocycles. The summed E-state index contributed by atoms with van der Waals surface area (Å²) in [4.78, 5) is 8.85. The van der Waals surface area contributed by atoms with Crippen LogP contribution < -0.4 is 4.74 Å². The number of rotatable bonds is 7. The fourth-order valence-corrected chi connectivity index (χ4v) is 3.40. The topological polar surface area (TPSA) is 92.2 Å². The van der Waals surface area contributed by atoms with Crippen LogP contribution in [0.3, 0.4) is 0 Å². The van der Waals surface area contributed by atoms with Crippen LogP contribution in [0.15, 0.2) is 65.3 Å². The first-order chi connectivity index (χ1) is 14.3. The van der Waals surface area contributed by atoms with Crippen molar-refractivity contribution in [2.75, 3.05) is 6.61 Å². The van der Waals surface area contributed by atoms with Crippen LogP contribution in [-0.4, -0.2) is 21.7 Å². The van der Waals surface area contributed by atoms with Gasteiger partial charge in [-0.1, -0.05) is 42.5 Å². The van der Waals surface area contributed by atoms with Gasteiger partial charge in [0, 0.05) is 17.7 Å². The minimum Gasteiger partial charge on any atom is -0.437 e. The van der Waals surface area contributed by atoms with Gasteiger partial charge in [-0.2, -0.15) is 0 Å². The third kappa shape index (κ3) is 3.82. The van der Waals surface area contributed by atoms with E-state index in [2.05, 4.69) is 9.97 Å². The fraction of sp³-hybridized carbons (Fsp3) is 0.174. The van der Waals surface area contributed by atoms with Crippen LogP contribution in [0.4, 0.5) is 0 Å². The van der Waals surface area contributed by atoms with Crippen LogP contribution in [0.2, 0.25) is 0 Å². The molecule has 0 amide bonds. The lowest BCUT2D eigenvalue weighted by Crippen LogP contribution is -1.95. The number of benzene rings is 2. The summed E-state index contributed by atoms with van der Waals surface area (Å²) in [6.07, 6.45) is 5.45. The Hall–Kier alpha value is -3.69. The van der Waals surface area contributed by atoms with Crippen molar-refractivity contribution in [3.05, 3.63) is 66.6 Å². The zero-order valence-electron chi connectivity index (χ0n) is 15.7. The van der Waals surface area contributed by atoms with E-state index < -0.39 is 0 Å². The largest absolute Gasteiger partial charge is 0.437 e. The van der Waals surface area contributed by atoms with Gasteiger partial charge < -0.3 is 14.3 Å². The molecule has 144 valence electrons. The quantitative estimate of drug-likeness (QED) is 0.365. The number of fused-ring (bicyclic) bond motifs is 1. The number of aromatic nitrogens is 2. The zero-order valence-corrected chi connectivity index (χ0v) is 15.7. The van der Waals surface area contributed by atoms with Crippen molar-refractivity contribution >= 4 is 11.1 Å². The van der Waals surface area contributed by atoms with Crippen molar-refractivity contribution in [1.82, 2.24) is 9.97 Å². The number of furan rings is 1. The number of aliphatic hydroxyl groups is 1. The average molecular weight is 385 g/mol. The zero-order chi connectivity index (χ0) is 20.1. The van der Waals surface area contributed by atoms with Crippen molar-refractivity contribution in [3.8, 4) is 34.5 Å². The van der Waals surface area contributed by atoms with E-state index in [0.717, 1.165) is 46.4 Å². The maximum atomic E-state index is 9.13. The van der Waals surface area contributed by atoms with Crippen molar-refractivity contribution in [2.45, 2.75) is 19.3 Å². The summed E-state index contributed by atoms with van der Waals surface area (Å²) in [5.74, 6) is 1.20. The predicted octanol–water partition coefficient (Wildman–Crippen LogP) is 4.73. The Labute approximate surface area is 168 Å². The Kier molecular flexibility index (Phi) is 5.50. The summed E-state index contributed by atoms with van der Waals surface area (Å²) in [5.41, 5.74) is 4.20. The lowest BCUT2D eigenvalue weighted by molar-refractivity contribution is 0.284. The van der Waals surface area contributed by atoms with Crippen LogP contribution in [0.5, 0.6) is 5.75 Å². The summed E-state index contributed by atoms with van der Waals surface area (Å²) in [6, 6.07) is 17.2. The molecule has 2 heterocycles. The Balaban J connectivity index is 1.91. The van der Waals surface area contributed by atoms with Gasteiger partial charge in [-0.3, -0.25) is 0 Å². The Bertz CT molecular complexity index is 1150. The summed E-state index contributed by atoms with van der Waals surface area (Å²) in [5, 5.41) is 18.7. The summed E-state index contributed by atoms with van der Waals surface area (Å²) in [7, 11) is 0. The fourth-order valence-electron chi connectivity index (χ4n) is 3.40. The third-order valence-electron chi connectivity index (χ3n) is 4.73. The molecule has 0 aliphatic rings. The molecule has 0 saturated heterocycles. The monoisotopic (exact) mass is 385 g/mol. The molecule has 29 heavy (non-hydrogen) atoms. The molecule has 2 aromatic heterocycles. The lowest BCUT2D eigenvalue weighted by Gasteiger charge is -2.07. The average Bonchev–Trinajstić information content (AvgIpc) is 3.16. The number of unbranched alkanes of at least 4 members (excludes halogenated alkanes) is 1. The minimum atomic E-state index is 0.155. The minimum absolute atomic E-state index is 0.155. The Morgan fingerprint density at radius 1 is 0.966 bits per heavy atom. The number of ether oxygens (including phenoxy) is 1. The van der Waals surface area contributed by atoms with E-state index in [-0.39, 0.29) is 6.61 Å². The van der Waals surface area contributed by atoms with Crippen LogP contribution in [0.1, 0.15) is 18.5 Å². The number of hydrogen-bond acceptors (Lipinski definition) is 6. The summed E-state index contributed by atoms with van der Waals surface area (Å²) in [6.45, 7) is 0.155. The number of nitriles is 1. The van der Waals surface area contributed by atoms with Crippen molar-refractivity contribution in [3.63, 3.8) is 0 Å². The Morgan fingerprint density at radius 3 is 2.48 bits per heavy atom. The first kappa shape index (κ1) is 18.7. The van der Waals surface area contributed by atoms with E-state index >= 15 is 0 Å². The van der Waals surface area contributed by atoms with Crippen molar-refractivity contribution < 1.29 is 14.3 Å². The Morgan fingerprint density at radius 2 is 1.76 bits per heavy atom. The van der Waals surface area contributed by atoms with Gasteiger partial charge in [-0.25, -0.2) is 9.97 Å². The molecule has 1 N–H and O–H groups in total. The summed E-state index contributed by atoms with van der Waals surface area (Å²) < 4.78 is 11.1. The normalized spacial score (nSPS) is 10.8. The van der Waals surface area contributed by atoms with Gasteiger partial charge in [0.15, 0.2) is 0 Å². The van der Waals surface area contributed by atoms with E-state index in [0.29, 0.717) is 17.9 Å². The first-order valence-corrected chi connectivity index (χ1v) is 9.41. The van der Waals surface area contributed by atoms with Gasteiger partial charge in [-0.05, 0) is 37.0 Å². The highest BCUT2D eigenvalue weighted by atomic mass is 16.5. The van der Waals surface area contributed by atoms with Crippen LogP contribution >= 0.6 is 0 Å². The number of aliphatic hydroxyl groups excluding tert-OH is 1. The highest BCUT2D eigenvalue weighted by Crippen LogP contribution is 2.41. The van der Waals surface area contributed by atoms with Gasteiger partial charge in [0.25, 0.3) is 6.26 Å². The molecule has 4 aromatic rings. The molecule has 0 bridgehead atoms. The molecule has 6 heteroatoms. The van der Waals surface area contributed by atoms with E-state index in [1.165, 1.54) is 6.33 Å². The van der Waals surface area contributed by atoms with E-state index in [1.54, 1.807) is 18.4 Å². The maximum Gasteiger partial charge on any atom is 0.292 e. The van der Waals surface area contributed by atoms with E-state index in [1.807, 2.05) is 42.5 Å². The molecule has 0 saturated carbocycles. The number of nitrogens with zero attached hydrogens (tertiary/aromatic N) is 3. The van der Waals surface area contributed by atoms with Crippen molar-refractivity contribution in [2.24, 2.45) is 0 Å². The number of aryl methyl sites for hydroxylation is 1. The maximum absolute atomic E-state index is 9.13. The molecular formula is C23H19N3O3. The highest BCUT2D eigenvalue weighted by Gasteiger charge is 2.21. The van der Waals surface area contributed by atoms with Gasteiger partial charge in [0.05, 0.1) is 11.1 Å². The summed E-state index contributed by atoms with van der Waals surface area (Å²) >= 11 is 0. The van der Waals surface area contributed by atoms with Gasteiger partial charge in [0.1, 0.15) is 17.8 Å². The van der Waals surface area contributed by atoms with Gasteiger partial charge in [-0.15, -0.1) is 5.26 Å². The molecule has 0 radical (unpaired) electrons. The van der Waals surface area contributed by atoms with Crippen LogP contribution in [0, 0.1) is 11.5 Å². The van der Waals surface area contributed by atoms with Crippen molar-refractivity contribution in [1.29, 1.82) is 5.26 Å². The second-order valence-electron chi connectivity index (χ2n) is 6.57. The van der Waals surface area contributed by atoms with Crippen LogP contribution in [0.25, 0.3) is 33.6 Å². The SMILES string of the molecule is N#COc1ccc(-c2c(-c3ccccc3)oc3ncnc(CCCCO)c23)cc1. The molecular weight excluding hydrogens is 366 g/mol.